The minimum atomic E-state index is -0.432. The van der Waals surface area contributed by atoms with Crippen molar-refractivity contribution in [3.63, 3.8) is 0 Å². The first-order valence-electron chi connectivity index (χ1n) is 6.72. The number of ether oxygens (including phenoxy) is 1. The Morgan fingerprint density at radius 1 is 1.10 bits per heavy atom. The monoisotopic (exact) mass is 347 g/mol. The maximum Gasteiger partial charge on any atom is 0.182 e. The Balaban J connectivity index is 2.29. The predicted octanol–water partition coefficient (Wildman–Crippen LogP) is 3.61. The SMILES string of the molecule is CN[C@@H](C(=O)c1ccc(Br)cc1)[C@H](OC)c1ccccc1. The van der Waals surface area contributed by atoms with Gasteiger partial charge in [-0.25, -0.2) is 0 Å². The number of ketones is 1. The second-order valence-electron chi connectivity index (χ2n) is 4.70. The van der Waals surface area contributed by atoms with E-state index in [2.05, 4.69) is 21.2 Å². The smallest absolute Gasteiger partial charge is 0.182 e. The van der Waals surface area contributed by atoms with Crippen molar-refractivity contribution in [1.29, 1.82) is 0 Å². The normalized spacial score (nSPS) is 13.7. The highest BCUT2D eigenvalue weighted by atomic mass is 79.9. The van der Waals surface area contributed by atoms with E-state index < -0.39 is 6.04 Å². The number of likely N-dealkylation sites (N-methyl/N-ethyl adjacent to an activating group) is 1. The highest BCUT2D eigenvalue weighted by molar-refractivity contribution is 9.10. The van der Waals surface area contributed by atoms with Gasteiger partial charge in [-0.2, -0.15) is 0 Å². The van der Waals surface area contributed by atoms with Crippen LogP contribution in [-0.4, -0.2) is 26.0 Å². The summed E-state index contributed by atoms with van der Waals surface area (Å²) in [5, 5.41) is 3.08. The van der Waals surface area contributed by atoms with Gasteiger partial charge in [0.05, 0.1) is 0 Å². The highest BCUT2D eigenvalue weighted by Gasteiger charge is 2.28. The fourth-order valence-corrected chi connectivity index (χ4v) is 2.59. The Morgan fingerprint density at radius 3 is 2.24 bits per heavy atom. The summed E-state index contributed by atoms with van der Waals surface area (Å²) in [6.07, 6.45) is -0.327. The van der Waals surface area contributed by atoms with Gasteiger partial charge in [-0.3, -0.25) is 4.79 Å². The zero-order valence-electron chi connectivity index (χ0n) is 12.0. The quantitative estimate of drug-likeness (QED) is 0.811. The van der Waals surface area contributed by atoms with Gasteiger partial charge < -0.3 is 10.1 Å². The molecule has 0 bridgehead atoms. The van der Waals surface area contributed by atoms with E-state index >= 15 is 0 Å². The third kappa shape index (κ3) is 3.79. The van der Waals surface area contributed by atoms with Crippen LogP contribution in [0.25, 0.3) is 0 Å². The van der Waals surface area contributed by atoms with Gasteiger partial charge in [0.2, 0.25) is 0 Å². The van der Waals surface area contributed by atoms with Gasteiger partial charge in [-0.15, -0.1) is 0 Å². The number of carbonyl (C=O) groups is 1. The molecule has 2 atom stereocenters. The minimum absolute atomic E-state index is 0.0145. The summed E-state index contributed by atoms with van der Waals surface area (Å²) in [5.74, 6) is 0.0145. The lowest BCUT2D eigenvalue weighted by atomic mass is 9.95. The van der Waals surface area contributed by atoms with Gasteiger partial charge in [0.25, 0.3) is 0 Å². The zero-order chi connectivity index (χ0) is 15.2. The molecule has 2 aromatic carbocycles. The molecule has 0 amide bonds. The summed E-state index contributed by atoms with van der Waals surface area (Å²) >= 11 is 3.38. The minimum Gasteiger partial charge on any atom is -0.375 e. The van der Waals surface area contributed by atoms with Crippen LogP contribution in [0.3, 0.4) is 0 Å². The fourth-order valence-electron chi connectivity index (χ4n) is 2.32. The van der Waals surface area contributed by atoms with Crippen molar-refractivity contribution >= 4 is 21.7 Å². The van der Waals surface area contributed by atoms with Crippen LogP contribution in [-0.2, 0) is 4.74 Å². The number of hydrogen-bond acceptors (Lipinski definition) is 3. The van der Waals surface area contributed by atoms with E-state index in [9.17, 15) is 4.79 Å². The molecule has 0 aliphatic heterocycles. The second kappa shape index (κ2) is 7.50. The van der Waals surface area contributed by atoms with Gasteiger partial charge in [-0.05, 0) is 24.7 Å². The molecule has 2 rings (SSSR count). The van der Waals surface area contributed by atoms with Crippen LogP contribution in [0.5, 0.6) is 0 Å². The van der Waals surface area contributed by atoms with Crippen LogP contribution in [0.1, 0.15) is 22.0 Å². The van der Waals surface area contributed by atoms with Gasteiger partial charge in [0.15, 0.2) is 5.78 Å². The van der Waals surface area contributed by atoms with Crippen molar-refractivity contribution in [2.24, 2.45) is 0 Å². The van der Waals surface area contributed by atoms with Crippen molar-refractivity contribution in [3.05, 3.63) is 70.2 Å². The van der Waals surface area contributed by atoms with E-state index in [0.29, 0.717) is 5.56 Å². The van der Waals surface area contributed by atoms with Crippen LogP contribution in [0.4, 0.5) is 0 Å². The molecule has 4 heteroatoms. The molecular formula is C17H18BrNO2. The number of nitrogens with one attached hydrogen (secondary N) is 1. The van der Waals surface area contributed by atoms with E-state index in [4.69, 9.17) is 4.74 Å². The summed E-state index contributed by atoms with van der Waals surface area (Å²) in [6.45, 7) is 0. The molecular weight excluding hydrogens is 330 g/mol. The van der Waals surface area contributed by atoms with Gasteiger partial charge >= 0.3 is 0 Å². The van der Waals surface area contributed by atoms with E-state index in [0.717, 1.165) is 10.0 Å². The average Bonchev–Trinajstić information content (AvgIpc) is 2.53. The number of benzene rings is 2. The molecule has 0 fully saturated rings. The lowest BCUT2D eigenvalue weighted by molar-refractivity contribution is 0.0565. The predicted molar refractivity (Wildman–Crippen MR) is 87.5 cm³/mol. The van der Waals surface area contributed by atoms with Crippen LogP contribution in [0.15, 0.2) is 59.1 Å². The number of halogens is 1. The molecule has 0 aromatic heterocycles. The first kappa shape index (κ1) is 15.9. The van der Waals surface area contributed by atoms with Crippen molar-refractivity contribution in [1.82, 2.24) is 5.32 Å². The molecule has 0 heterocycles. The second-order valence-corrected chi connectivity index (χ2v) is 5.62. The topological polar surface area (TPSA) is 38.3 Å². The summed E-state index contributed by atoms with van der Waals surface area (Å²) in [4.78, 5) is 12.7. The van der Waals surface area contributed by atoms with E-state index in [1.807, 2.05) is 54.6 Å². The van der Waals surface area contributed by atoms with Crippen LogP contribution in [0, 0.1) is 0 Å². The molecule has 0 spiro atoms. The Labute approximate surface area is 133 Å². The summed E-state index contributed by atoms with van der Waals surface area (Å²) in [7, 11) is 3.40. The molecule has 0 aliphatic carbocycles. The first-order chi connectivity index (χ1) is 10.2. The van der Waals surface area contributed by atoms with Crippen molar-refractivity contribution in [3.8, 4) is 0 Å². The Morgan fingerprint density at radius 2 is 1.71 bits per heavy atom. The largest absolute Gasteiger partial charge is 0.375 e. The van der Waals surface area contributed by atoms with Crippen molar-refractivity contribution in [2.45, 2.75) is 12.1 Å². The van der Waals surface area contributed by atoms with E-state index in [-0.39, 0.29) is 11.9 Å². The summed E-state index contributed by atoms with van der Waals surface area (Å²) < 4.78 is 6.51. The third-order valence-corrected chi connectivity index (χ3v) is 3.94. The number of methoxy groups -OCH3 is 1. The standard InChI is InChI=1S/C17H18BrNO2/c1-19-15(16(20)12-8-10-14(18)11-9-12)17(21-2)13-6-4-3-5-7-13/h3-11,15,17,19H,1-2H3/t15-,17+/m0/s1. The maximum absolute atomic E-state index is 12.7. The van der Waals surface area contributed by atoms with Gasteiger partial charge in [0, 0.05) is 17.1 Å². The van der Waals surface area contributed by atoms with Crippen LogP contribution >= 0.6 is 15.9 Å². The van der Waals surface area contributed by atoms with Crippen molar-refractivity contribution < 1.29 is 9.53 Å². The first-order valence-corrected chi connectivity index (χ1v) is 7.51. The Bertz CT molecular complexity index is 583. The maximum atomic E-state index is 12.7. The third-order valence-electron chi connectivity index (χ3n) is 3.41. The molecule has 0 unspecified atom stereocenters. The molecule has 0 saturated carbocycles. The number of hydrogen-bond donors (Lipinski definition) is 1. The molecule has 1 N–H and O–H groups in total. The summed E-state index contributed by atoms with van der Waals surface area (Å²) in [6, 6.07) is 16.7. The lowest BCUT2D eigenvalue weighted by Gasteiger charge is -2.25. The number of Topliss-reactive ketones (excluding diaryl/α,β-unsaturated/α-hetero) is 1. The van der Waals surface area contributed by atoms with Crippen LogP contribution < -0.4 is 5.32 Å². The van der Waals surface area contributed by atoms with Crippen molar-refractivity contribution in [2.75, 3.05) is 14.2 Å². The molecule has 21 heavy (non-hydrogen) atoms. The molecule has 0 saturated heterocycles. The zero-order valence-corrected chi connectivity index (χ0v) is 13.6. The molecule has 0 aliphatic rings. The lowest BCUT2D eigenvalue weighted by Crippen LogP contribution is -2.40. The van der Waals surface area contributed by atoms with E-state index in [1.54, 1.807) is 14.2 Å². The molecule has 3 nitrogen and oxygen atoms in total. The molecule has 110 valence electrons. The number of carbonyl (C=O) groups excluding carboxylic acids is 1. The molecule has 2 aromatic rings. The van der Waals surface area contributed by atoms with Gasteiger partial charge in [-0.1, -0.05) is 58.4 Å². The number of rotatable bonds is 6. The highest BCUT2D eigenvalue weighted by Crippen LogP contribution is 2.23. The average molecular weight is 348 g/mol. The Hall–Kier alpha value is -1.49. The summed E-state index contributed by atoms with van der Waals surface area (Å²) in [5.41, 5.74) is 1.64. The Kier molecular flexibility index (Phi) is 5.67. The van der Waals surface area contributed by atoms with E-state index in [1.165, 1.54) is 0 Å². The van der Waals surface area contributed by atoms with Crippen LogP contribution in [0.2, 0.25) is 0 Å². The van der Waals surface area contributed by atoms with Gasteiger partial charge in [0.1, 0.15) is 12.1 Å². The molecule has 0 radical (unpaired) electrons. The fraction of sp³-hybridized carbons (Fsp3) is 0.235.